The highest BCUT2D eigenvalue weighted by molar-refractivity contribution is 5.93. The number of nitrogens with zero attached hydrogens (tertiary/aromatic N) is 3. The summed E-state index contributed by atoms with van der Waals surface area (Å²) in [5.41, 5.74) is 1.24. The van der Waals surface area contributed by atoms with Crippen LogP contribution in [0.5, 0.6) is 5.75 Å². The Morgan fingerprint density at radius 2 is 2.24 bits per heavy atom. The number of carbonyl (C=O) groups is 1. The number of hydrogen-bond acceptors (Lipinski definition) is 5. The van der Waals surface area contributed by atoms with Crippen molar-refractivity contribution in [1.29, 1.82) is 5.26 Å². The zero-order valence-corrected chi connectivity index (χ0v) is 14.4. The van der Waals surface area contributed by atoms with Crippen LogP contribution in [0.4, 0.5) is 0 Å². The van der Waals surface area contributed by atoms with Gasteiger partial charge < -0.3 is 19.0 Å². The van der Waals surface area contributed by atoms with Crippen molar-refractivity contribution in [2.75, 3.05) is 26.7 Å². The summed E-state index contributed by atoms with van der Waals surface area (Å²) >= 11 is 0. The molecule has 3 rings (SSSR count). The molecule has 6 heteroatoms. The van der Waals surface area contributed by atoms with Crippen LogP contribution in [-0.4, -0.2) is 48.4 Å². The molecule has 1 aliphatic heterocycles. The lowest BCUT2D eigenvalue weighted by atomic mass is 10.1. The Labute approximate surface area is 147 Å². The Kier molecular flexibility index (Phi) is 5.05. The summed E-state index contributed by atoms with van der Waals surface area (Å²) in [6.45, 7) is 4.64. The SMILES string of the molecule is C[C@@H]1CN(C)CCN1C(=O)c1occc1COc1cccc(C#N)c1. The lowest BCUT2D eigenvalue weighted by Gasteiger charge is -2.37. The van der Waals surface area contributed by atoms with Gasteiger partial charge in [-0.1, -0.05) is 6.07 Å². The van der Waals surface area contributed by atoms with Crippen LogP contribution in [0, 0.1) is 11.3 Å². The zero-order chi connectivity index (χ0) is 17.8. The van der Waals surface area contributed by atoms with Gasteiger partial charge >= 0.3 is 0 Å². The monoisotopic (exact) mass is 339 g/mol. The van der Waals surface area contributed by atoms with E-state index in [1.165, 1.54) is 6.26 Å². The number of carbonyl (C=O) groups excluding carboxylic acids is 1. The summed E-state index contributed by atoms with van der Waals surface area (Å²) in [5, 5.41) is 8.94. The molecule has 1 saturated heterocycles. The molecule has 0 bridgehead atoms. The highest BCUT2D eigenvalue weighted by atomic mass is 16.5. The number of likely N-dealkylation sites (N-methyl/N-ethyl adjacent to an activating group) is 1. The average Bonchev–Trinajstić information content (AvgIpc) is 3.08. The third-order valence-corrected chi connectivity index (χ3v) is 4.39. The van der Waals surface area contributed by atoms with Gasteiger partial charge in [-0.2, -0.15) is 5.26 Å². The van der Waals surface area contributed by atoms with E-state index in [9.17, 15) is 4.79 Å². The molecule has 25 heavy (non-hydrogen) atoms. The number of benzene rings is 1. The van der Waals surface area contributed by atoms with Gasteiger partial charge in [-0.15, -0.1) is 0 Å². The van der Waals surface area contributed by atoms with Gasteiger partial charge in [-0.05, 0) is 38.2 Å². The molecule has 1 aliphatic rings. The summed E-state index contributed by atoms with van der Waals surface area (Å²) < 4.78 is 11.2. The van der Waals surface area contributed by atoms with Crippen LogP contribution in [-0.2, 0) is 6.61 Å². The van der Waals surface area contributed by atoms with Gasteiger partial charge in [0.05, 0.1) is 17.9 Å². The van der Waals surface area contributed by atoms with Crippen LogP contribution in [0.3, 0.4) is 0 Å². The minimum atomic E-state index is -0.102. The molecule has 130 valence electrons. The van der Waals surface area contributed by atoms with Gasteiger partial charge in [0.15, 0.2) is 5.76 Å². The van der Waals surface area contributed by atoms with Crippen molar-refractivity contribution in [2.45, 2.75) is 19.6 Å². The van der Waals surface area contributed by atoms with Gasteiger partial charge in [0.1, 0.15) is 12.4 Å². The molecule has 2 heterocycles. The van der Waals surface area contributed by atoms with Crippen molar-refractivity contribution in [3.8, 4) is 11.8 Å². The number of furan rings is 1. The Bertz CT molecular complexity index is 793. The Morgan fingerprint density at radius 3 is 3.00 bits per heavy atom. The number of nitriles is 1. The first kappa shape index (κ1) is 17.1. The van der Waals surface area contributed by atoms with Crippen LogP contribution in [0.1, 0.15) is 28.6 Å². The number of hydrogen-bond donors (Lipinski definition) is 0. The molecule has 2 aromatic rings. The summed E-state index contributed by atoms with van der Waals surface area (Å²) in [7, 11) is 2.06. The minimum absolute atomic E-state index is 0.102. The van der Waals surface area contributed by atoms with Crippen molar-refractivity contribution in [3.63, 3.8) is 0 Å². The molecule has 0 radical (unpaired) electrons. The summed E-state index contributed by atoms with van der Waals surface area (Å²) in [6.07, 6.45) is 1.51. The molecule has 1 aromatic carbocycles. The standard InChI is InChI=1S/C19H21N3O3/c1-14-12-21(2)7-8-22(14)19(23)18-16(6-9-24-18)13-25-17-5-3-4-15(10-17)11-20/h3-6,9-10,14H,7-8,12-13H2,1-2H3/t14-/m1/s1. The van der Waals surface area contributed by atoms with E-state index in [1.807, 2.05) is 11.8 Å². The summed E-state index contributed by atoms with van der Waals surface area (Å²) in [5.74, 6) is 0.814. The minimum Gasteiger partial charge on any atom is -0.489 e. The molecule has 0 saturated carbocycles. The molecular weight excluding hydrogens is 318 g/mol. The smallest absolute Gasteiger partial charge is 0.290 e. The first-order chi connectivity index (χ1) is 12.1. The largest absolute Gasteiger partial charge is 0.489 e. The normalized spacial score (nSPS) is 18.0. The van der Waals surface area contributed by atoms with Gasteiger partial charge in [0.25, 0.3) is 5.91 Å². The average molecular weight is 339 g/mol. The van der Waals surface area contributed by atoms with Gasteiger partial charge in [-0.25, -0.2) is 0 Å². The maximum atomic E-state index is 12.8. The van der Waals surface area contributed by atoms with E-state index in [0.29, 0.717) is 29.2 Å². The predicted octanol–water partition coefficient (Wildman–Crippen LogP) is 2.51. The van der Waals surface area contributed by atoms with Crippen LogP contribution < -0.4 is 4.74 Å². The highest BCUT2D eigenvalue weighted by Gasteiger charge is 2.29. The van der Waals surface area contributed by atoms with Crippen molar-refractivity contribution in [1.82, 2.24) is 9.80 Å². The van der Waals surface area contributed by atoms with Crippen molar-refractivity contribution in [2.24, 2.45) is 0 Å². The van der Waals surface area contributed by atoms with Gasteiger partial charge in [-0.3, -0.25) is 4.79 Å². The molecular formula is C19H21N3O3. The van der Waals surface area contributed by atoms with Crippen LogP contribution in [0.2, 0.25) is 0 Å². The molecule has 0 N–H and O–H groups in total. The quantitative estimate of drug-likeness (QED) is 0.856. The number of piperazine rings is 1. The second-order valence-corrected chi connectivity index (χ2v) is 6.31. The summed E-state index contributed by atoms with van der Waals surface area (Å²) in [4.78, 5) is 16.9. The zero-order valence-electron chi connectivity index (χ0n) is 14.4. The highest BCUT2D eigenvalue weighted by Crippen LogP contribution is 2.20. The Hall–Kier alpha value is -2.78. The first-order valence-corrected chi connectivity index (χ1v) is 8.27. The predicted molar refractivity (Wildman–Crippen MR) is 92.2 cm³/mol. The van der Waals surface area contributed by atoms with Crippen LogP contribution in [0.25, 0.3) is 0 Å². The van der Waals surface area contributed by atoms with E-state index in [0.717, 1.165) is 13.1 Å². The molecule has 0 unspecified atom stereocenters. The van der Waals surface area contributed by atoms with E-state index in [1.54, 1.807) is 30.3 Å². The van der Waals surface area contributed by atoms with E-state index < -0.39 is 0 Å². The molecule has 0 spiro atoms. The fourth-order valence-electron chi connectivity index (χ4n) is 3.03. The van der Waals surface area contributed by atoms with Crippen molar-refractivity contribution < 1.29 is 13.9 Å². The topological polar surface area (TPSA) is 69.7 Å². The molecule has 6 nitrogen and oxygen atoms in total. The molecule has 1 atom stereocenters. The third-order valence-electron chi connectivity index (χ3n) is 4.39. The maximum Gasteiger partial charge on any atom is 0.290 e. The lowest BCUT2D eigenvalue weighted by Crippen LogP contribution is -2.52. The van der Waals surface area contributed by atoms with E-state index in [-0.39, 0.29) is 18.6 Å². The fourth-order valence-corrected chi connectivity index (χ4v) is 3.03. The molecule has 0 aliphatic carbocycles. The molecule has 1 aromatic heterocycles. The van der Waals surface area contributed by atoms with E-state index in [4.69, 9.17) is 14.4 Å². The van der Waals surface area contributed by atoms with Crippen molar-refractivity contribution in [3.05, 3.63) is 53.5 Å². The Morgan fingerprint density at radius 1 is 1.40 bits per heavy atom. The van der Waals surface area contributed by atoms with Gasteiger partial charge in [0.2, 0.25) is 0 Å². The number of rotatable bonds is 4. The Balaban J connectivity index is 1.70. The summed E-state index contributed by atoms with van der Waals surface area (Å²) in [6, 6.07) is 10.9. The second-order valence-electron chi connectivity index (χ2n) is 6.31. The molecule has 1 fully saturated rings. The second kappa shape index (κ2) is 7.41. The van der Waals surface area contributed by atoms with E-state index in [2.05, 4.69) is 18.0 Å². The number of ether oxygens (including phenoxy) is 1. The van der Waals surface area contributed by atoms with Crippen LogP contribution in [0.15, 0.2) is 41.0 Å². The first-order valence-electron chi connectivity index (χ1n) is 8.27. The maximum absolute atomic E-state index is 12.8. The van der Waals surface area contributed by atoms with Crippen LogP contribution >= 0.6 is 0 Å². The fraction of sp³-hybridized carbons (Fsp3) is 0.368. The molecule has 1 amide bonds. The van der Waals surface area contributed by atoms with Gasteiger partial charge in [0, 0.05) is 31.2 Å². The third kappa shape index (κ3) is 3.83. The van der Waals surface area contributed by atoms with Crippen molar-refractivity contribution >= 4 is 5.91 Å². The lowest BCUT2D eigenvalue weighted by molar-refractivity contribution is 0.0499. The van der Waals surface area contributed by atoms with E-state index >= 15 is 0 Å². The number of amides is 1.